The number of halogens is 1. The summed E-state index contributed by atoms with van der Waals surface area (Å²) in [5.74, 6) is 0.126. The Labute approximate surface area is 192 Å². The van der Waals surface area contributed by atoms with Gasteiger partial charge in [-0.05, 0) is 36.4 Å². The number of carbonyl (C=O) groups is 1. The van der Waals surface area contributed by atoms with E-state index in [0.29, 0.717) is 35.4 Å². The minimum atomic E-state index is -4.03. The molecule has 2 heterocycles. The molecule has 1 aliphatic rings. The van der Waals surface area contributed by atoms with Crippen molar-refractivity contribution in [2.24, 2.45) is 0 Å². The van der Waals surface area contributed by atoms with Gasteiger partial charge in [0.1, 0.15) is 19.0 Å². The average molecular weight is 486 g/mol. The highest BCUT2D eigenvalue weighted by Gasteiger charge is 2.20. The van der Waals surface area contributed by atoms with Gasteiger partial charge in [0.25, 0.3) is 15.9 Å². The van der Waals surface area contributed by atoms with Gasteiger partial charge in [0, 0.05) is 12.1 Å². The number of nitrogens with one attached hydrogen (secondary N) is 2. The fourth-order valence-electron chi connectivity index (χ4n) is 3.27. The van der Waals surface area contributed by atoms with Crippen LogP contribution in [0, 0.1) is 5.82 Å². The number of thiazole rings is 1. The first-order valence-corrected chi connectivity index (χ1v) is 12.1. The van der Waals surface area contributed by atoms with Gasteiger partial charge in [-0.25, -0.2) is 17.8 Å². The first-order chi connectivity index (χ1) is 15.9. The van der Waals surface area contributed by atoms with Gasteiger partial charge in [0.05, 0.1) is 26.4 Å². The predicted molar refractivity (Wildman–Crippen MR) is 122 cm³/mol. The summed E-state index contributed by atoms with van der Waals surface area (Å²) in [6.07, 6.45) is 0. The number of ether oxygens (including phenoxy) is 2. The molecule has 0 radical (unpaired) electrons. The number of rotatable bonds is 5. The Kier molecular flexibility index (Phi) is 5.35. The molecule has 2 N–H and O–H groups in total. The Morgan fingerprint density at radius 1 is 1.00 bits per heavy atom. The van der Waals surface area contributed by atoms with Gasteiger partial charge in [0.15, 0.2) is 16.6 Å². The first-order valence-electron chi connectivity index (χ1n) is 9.78. The summed E-state index contributed by atoms with van der Waals surface area (Å²) >= 11 is 1.26. The van der Waals surface area contributed by atoms with Gasteiger partial charge in [0.2, 0.25) is 0 Å². The number of anilines is 2. The number of benzene rings is 3. The molecule has 8 nitrogen and oxygen atoms in total. The van der Waals surface area contributed by atoms with Gasteiger partial charge < -0.3 is 9.47 Å². The van der Waals surface area contributed by atoms with Crippen LogP contribution in [0.4, 0.5) is 15.2 Å². The van der Waals surface area contributed by atoms with E-state index in [2.05, 4.69) is 15.0 Å². The second-order valence-corrected chi connectivity index (χ2v) is 9.75. The van der Waals surface area contributed by atoms with Crippen molar-refractivity contribution in [3.05, 3.63) is 72.0 Å². The predicted octanol–water partition coefficient (Wildman–Crippen LogP) is 4.26. The van der Waals surface area contributed by atoms with Crippen LogP contribution in [0.1, 0.15) is 10.4 Å². The van der Waals surface area contributed by atoms with Gasteiger partial charge in [-0.3, -0.25) is 14.8 Å². The quantitative estimate of drug-likeness (QED) is 0.438. The molecular formula is C22H16FN3O5S2. The van der Waals surface area contributed by atoms with Crippen molar-refractivity contribution in [2.75, 3.05) is 23.3 Å². The molecule has 0 saturated carbocycles. The van der Waals surface area contributed by atoms with Crippen LogP contribution in [0.15, 0.2) is 65.6 Å². The van der Waals surface area contributed by atoms with Crippen molar-refractivity contribution >= 4 is 48.3 Å². The monoisotopic (exact) mass is 485 g/mol. The van der Waals surface area contributed by atoms with Gasteiger partial charge in [-0.15, -0.1) is 0 Å². The third-order valence-corrected chi connectivity index (χ3v) is 7.13. The molecule has 168 valence electrons. The molecule has 33 heavy (non-hydrogen) atoms. The summed E-state index contributed by atoms with van der Waals surface area (Å²) in [5, 5.41) is 3.06. The van der Waals surface area contributed by atoms with Gasteiger partial charge in [-0.1, -0.05) is 23.5 Å². The van der Waals surface area contributed by atoms with Crippen LogP contribution in [-0.2, 0) is 10.0 Å². The highest BCUT2D eigenvalue weighted by Crippen LogP contribution is 2.38. The molecule has 0 bridgehead atoms. The molecule has 0 spiro atoms. The van der Waals surface area contributed by atoms with E-state index >= 15 is 0 Å². The van der Waals surface area contributed by atoms with Crippen molar-refractivity contribution in [3.63, 3.8) is 0 Å². The molecule has 0 fully saturated rings. The fourth-order valence-corrected chi connectivity index (χ4v) is 5.22. The molecule has 0 saturated heterocycles. The maximum atomic E-state index is 13.2. The molecule has 1 aromatic heterocycles. The first kappa shape index (κ1) is 21.2. The Hall–Kier alpha value is -3.70. The Bertz CT molecular complexity index is 1430. The fraction of sp³-hybridized carbons (Fsp3) is 0.0909. The molecule has 0 atom stereocenters. The summed E-state index contributed by atoms with van der Waals surface area (Å²) in [4.78, 5) is 17.3. The topological polar surface area (TPSA) is 107 Å². The number of carbonyl (C=O) groups excluding carboxylic acids is 1. The molecule has 0 aliphatic carbocycles. The second-order valence-electron chi connectivity index (χ2n) is 7.04. The molecule has 1 amide bonds. The lowest BCUT2D eigenvalue weighted by Crippen LogP contribution is -2.18. The Morgan fingerprint density at radius 2 is 1.70 bits per heavy atom. The van der Waals surface area contributed by atoms with E-state index < -0.39 is 21.7 Å². The normalized spacial score (nSPS) is 13.0. The van der Waals surface area contributed by atoms with Crippen LogP contribution in [0.3, 0.4) is 0 Å². The number of aromatic nitrogens is 1. The molecule has 0 unspecified atom stereocenters. The SMILES string of the molecule is O=C(Nc1nc2cc3c(cc2s1)OCCO3)c1ccccc1NS(=O)(=O)c1ccc(F)cc1. The summed E-state index contributed by atoms with van der Waals surface area (Å²) < 4.78 is 52.9. The van der Waals surface area contributed by atoms with E-state index in [-0.39, 0.29) is 16.1 Å². The van der Waals surface area contributed by atoms with Crippen LogP contribution in [-0.4, -0.2) is 32.5 Å². The molecule has 3 aromatic carbocycles. The lowest BCUT2D eigenvalue weighted by molar-refractivity contribution is 0.102. The summed E-state index contributed by atoms with van der Waals surface area (Å²) in [6, 6.07) is 14.1. The maximum Gasteiger partial charge on any atom is 0.261 e. The number of para-hydroxylation sites is 1. The van der Waals surface area contributed by atoms with Crippen LogP contribution in [0.25, 0.3) is 10.2 Å². The number of hydrogen-bond acceptors (Lipinski definition) is 7. The number of sulfonamides is 1. The number of amides is 1. The Morgan fingerprint density at radius 3 is 2.45 bits per heavy atom. The van der Waals surface area contributed by atoms with Crippen molar-refractivity contribution in [2.45, 2.75) is 4.90 Å². The van der Waals surface area contributed by atoms with Crippen molar-refractivity contribution in [1.29, 1.82) is 0 Å². The third kappa shape index (κ3) is 4.32. The molecule has 4 aromatic rings. The van der Waals surface area contributed by atoms with E-state index in [1.807, 2.05) is 6.07 Å². The zero-order valence-electron chi connectivity index (χ0n) is 16.9. The zero-order valence-corrected chi connectivity index (χ0v) is 18.5. The molecule has 11 heteroatoms. The summed E-state index contributed by atoms with van der Waals surface area (Å²) in [5.41, 5.74) is 0.830. The van der Waals surface area contributed by atoms with E-state index in [1.54, 1.807) is 18.2 Å². The van der Waals surface area contributed by atoms with Crippen LogP contribution >= 0.6 is 11.3 Å². The van der Waals surface area contributed by atoms with Crippen LogP contribution in [0.2, 0.25) is 0 Å². The highest BCUT2D eigenvalue weighted by molar-refractivity contribution is 7.92. The van der Waals surface area contributed by atoms with Crippen molar-refractivity contribution in [1.82, 2.24) is 4.98 Å². The Balaban J connectivity index is 1.40. The zero-order chi connectivity index (χ0) is 23.0. The maximum absolute atomic E-state index is 13.2. The minimum absolute atomic E-state index is 0.0812. The number of fused-ring (bicyclic) bond motifs is 2. The van der Waals surface area contributed by atoms with Crippen molar-refractivity contribution < 1.29 is 27.1 Å². The number of hydrogen-bond donors (Lipinski definition) is 2. The van der Waals surface area contributed by atoms with Gasteiger partial charge >= 0.3 is 0 Å². The minimum Gasteiger partial charge on any atom is -0.486 e. The van der Waals surface area contributed by atoms with E-state index in [4.69, 9.17) is 9.47 Å². The number of nitrogens with zero attached hydrogens (tertiary/aromatic N) is 1. The van der Waals surface area contributed by atoms with Crippen LogP contribution < -0.4 is 19.5 Å². The smallest absolute Gasteiger partial charge is 0.261 e. The van der Waals surface area contributed by atoms with E-state index in [9.17, 15) is 17.6 Å². The lowest BCUT2D eigenvalue weighted by atomic mass is 10.2. The summed E-state index contributed by atoms with van der Waals surface area (Å²) in [6.45, 7) is 0.919. The van der Waals surface area contributed by atoms with Gasteiger partial charge in [-0.2, -0.15) is 0 Å². The largest absolute Gasteiger partial charge is 0.486 e. The standard InChI is InChI=1S/C22H16FN3O5S2/c23-13-5-7-14(8-6-13)33(28,29)26-16-4-2-1-3-15(16)21(27)25-22-24-17-11-18-19(12-20(17)32-22)31-10-9-30-18/h1-8,11-12,26H,9-10H2,(H,24,25,27). The van der Waals surface area contributed by atoms with E-state index in [1.165, 1.54) is 23.5 Å². The molecular weight excluding hydrogens is 469 g/mol. The third-order valence-electron chi connectivity index (χ3n) is 4.81. The van der Waals surface area contributed by atoms with E-state index in [0.717, 1.165) is 29.0 Å². The van der Waals surface area contributed by atoms with Crippen molar-refractivity contribution in [3.8, 4) is 11.5 Å². The second kappa shape index (κ2) is 8.34. The highest BCUT2D eigenvalue weighted by atomic mass is 32.2. The molecule has 1 aliphatic heterocycles. The average Bonchev–Trinajstić information content (AvgIpc) is 3.18. The van der Waals surface area contributed by atoms with Crippen LogP contribution in [0.5, 0.6) is 11.5 Å². The summed E-state index contributed by atoms with van der Waals surface area (Å²) in [7, 11) is -4.03. The lowest BCUT2D eigenvalue weighted by Gasteiger charge is -2.17. The molecule has 5 rings (SSSR count).